The van der Waals surface area contributed by atoms with Gasteiger partial charge in [-0.25, -0.2) is 0 Å². The van der Waals surface area contributed by atoms with Gasteiger partial charge >= 0.3 is 11.9 Å². The summed E-state index contributed by atoms with van der Waals surface area (Å²) in [6, 6.07) is 15.8. The Labute approximate surface area is 222 Å². The molecule has 0 heterocycles. The number of nitro benzene ring substituents is 1. The van der Waals surface area contributed by atoms with Crippen LogP contribution < -0.4 is 14.8 Å². The quantitative estimate of drug-likeness (QED) is 0.105. The van der Waals surface area contributed by atoms with E-state index in [1.807, 2.05) is 59.0 Å². The molecule has 0 aliphatic rings. The highest BCUT2D eigenvalue weighted by atomic mass is 127. The van der Waals surface area contributed by atoms with E-state index in [4.69, 9.17) is 9.47 Å². The van der Waals surface area contributed by atoms with Gasteiger partial charge in [-0.1, -0.05) is 30.3 Å². The van der Waals surface area contributed by atoms with Crippen LogP contribution in [0.2, 0.25) is 0 Å². The van der Waals surface area contributed by atoms with Crippen LogP contribution in [0.1, 0.15) is 16.7 Å². The number of carbonyl (C=O) groups excluding carboxylic acids is 1. The summed E-state index contributed by atoms with van der Waals surface area (Å²) in [5, 5.41) is 23.5. The fourth-order valence-electron chi connectivity index (χ4n) is 3.14. The Morgan fingerprint density at radius 1 is 1.16 bits per heavy atom. The van der Waals surface area contributed by atoms with Crippen molar-refractivity contribution in [2.45, 2.75) is 12.7 Å². The predicted molar refractivity (Wildman–Crippen MR) is 136 cm³/mol. The highest BCUT2D eigenvalue weighted by Gasteiger charge is 2.33. The van der Waals surface area contributed by atoms with Crippen LogP contribution in [0, 0.1) is 25.0 Å². The van der Waals surface area contributed by atoms with E-state index in [1.165, 1.54) is 25.3 Å². The van der Waals surface area contributed by atoms with Crippen molar-refractivity contribution in [2.75, 3.05) is 7.11 Å². The van der Waals surface area contributed by atoms with Crippen LogP contribution in [0.5, 0.6) is 17.2 Å². The lowest BCUT2D eigenvalue weighted by Crippen LogP contribution is -2.23. The van der Waals surface area contributed by atoms with E-state index in [2.05, 4.69) is 5.32 Å². The molecule has 0 spiro atoms. The molecule has 0 aromatic heterocycles. The summed E-state index contributed by atoms with van der Waals surface area (Å²) in [6.45, 7) is 0.220. The molecule has 1 N–H and O–H groups in total. The fourth-order valence-corrected chi connectivity index (χ4v) is 3.88. The molecule has 3 rings (SSSR count). The minimum atomic E-state index is -4.77. The van der Waals surface area contributed by atoms with Crippen LogP contribution in [-0.4, -0.2) is 17.9 Å². The number of hydrogen-bond donors (Lipinski definition) is 1. The Morgan fingerprint density at radius 2 is 1.86 bits per heavy atom. The Hall–Kier alpha value is -4.12. The van der Waals surface area contributed by atoms with Gasteiger partial charge in [0.1, 0.15) is 11.6 Å². The van der Waals surface area contributed by atoms with E-state index in [0.717, 1.165) is 11.6 Å². The van der Waals surface area contributed by atoms with Crippen molar-refractivity contribution in [3.8, 4) is 23.3 Å². The number of nitrogens with one attached hydrogen (secondary N) is 1. The topological polar surface area (TPSA) is 114 Å². The lowest BCUT2D eigenvalue weighted by molar-refractivity contribution is -0.385. The van der Waals surface area contributed by atoms with Crippen LogP contribution in [-0.2, 0) is 17.5 Å². The first-order valence-corrected chi connectivity index (χ1v) is 11.5. The number of amides is 1. The first kappa shape index (κ1) is 27.5. The Morgan fingerprint density at radius 3 is 2.46 bits per heavy atom. The lowest BCUT2D eigenvalue weighted by Gasteiger charge is -2.14. The van der Waals surface area contributed by atoms with Gasteiger partial charge in [0.05, 0.1) is 21.2 Å². The molecule has 1 amide bonds. The normalized spacial score (nSPS) is 11.4. The summed E-state index contributed by atoms with van der Waals surface area (Å²) in [5.41, 5.74) is -1.01. The highest BCUT2D eigenvalue weighted by Crippen LogP contribution is 2.42. The summed E-state index contributed by atoms with van der Waals surface area (Å²) >= 11 is 1.84. The van der Waals surface area contributed by atoms with Gasteiger partial charge in [0, 0.05) is 12.6 Å². The van der Waals surface area contributed by atoms with Crippen molar-refractivity contribution in [1.29, 1.82) is 5.26 Å². The third-order valence-electron chi connectivity index (χ3n) is 4.92. The molecule has 12 heteroatoms. The zero-order chi connectivity index (χ0) is 27.2. The smallest absolute Gasteiger partial charge is 0.416 e. The Kier molecular flexibility index (Phi) is 8.72. The maximum Gasteiger partial charge on any atom is 0.416 e. The number of hydrogen-bond acceptors (Lipinski definition) is 6. The van der Waals surface area contributed by atoms with Gasteiger partial charge < -0.3 is 14.8 Å². The highest BCUT2D eigenvalue weighted by molar-refractivity contribution is 14.1. The molecule has 0 aliphatic heterocycles. The number of nitro groups is 1. The molecule has 37 heavy (non-hydrogen) atoms. The number of ether oxygens (including phenoxy) is 2. The molecule has 0 unspecified atom stereocenters. The summed E-state index contributed by atoms with van der Waals surface area (Å²) < 4.78 is 50.3. The van der Waals surface area contributed by atoms with Crippen LogP contribution in [0.3, 0.4) is 0 Å². The van der Waals surface area contributed by atoms with Crippen LogP contribution in [0.25, 0.3) is 6.08 Å². The van der Waals surface area contributed by atoms with Gasteiger partial charge in [-0.2, -0.15) is 18.4 Å². The molecular formula is C25H17F3IN3O5. The van der Waals surface area contributed by atoms with Gasteiger partial charge in [-0.3, -0.25) is 14.9 Å². The zero-order valence-electron chi connectivity index (χ0n) is 19.0. The van der Waals surface area contributed by atoms with Crippen molar-refractivity contribution in [1.82, 2.24) is 5.32 Å². The van der Waals surface area contributed by atoms with Crippen molar-refractivity contribution in [3.63, 3.8) is 0 Å². The van der Waals surface area contributed by atoms with E-state index in [-0.39, 0.29) is 23.6 Å². The molecular weight excluding hydrogens is 606 g/mol. The fraction of sp³-hybridized carbons (Fsp3) is 0.120. The number of nitriles is 1. The van der Waals surface area contributed by atoms with Crippen molar-refractivity contribution >= 4 is 40.3 Å². The number of alkyl halides is 3. The van der Waals surface area contributed by atoms with Crippen LogP contribution in [0.4, 0.5) is 18.9 Å². The first-order chi connectivity index (χ1) is 17.5. The number of benzene rings is 3. The van der Waals surface area contributed by atoms with Crippen molar-refractivity contribution < 1.29 is 32.4 Å². The van der Waals surface area contributed by atoms with Gasteiger partial charge in [-0.15, -0.1) is 0 Å². The Balaban J connectivity index is 1.90. The molecule has 3 aromatic carbocycles. The third-order valence-corrected chi connectivity index (χ3v) is 5.72. The minimum Gasteiger partial charge on any atom is -0.493 e. The summed E-state index contributed by atoms with van der Waals surface area (Å²) in [4.78, 5) is 22.9. The number of halogens is 4. The van der Waals surface area contributed by atoms with Crippen molar-refractivity contribution in [3.05, 3.63) is 96.6 Å². The molecule has 0 saturated heterocycles. The van der Waals surface area contributed by atoms with Crippen LogP contribution >= 0.6 is 22.6 Å². The maximum atomic E-state index is 13.0. The molecule has 0 atom stereocenters. The minimum absolute atomic E-state index is 0.00939. The summed E-state index contributed by atoms with van der Waals surface area (Å²) in [6.07, 6.45) is -3.44. The molecule has 0 fully saturated rings. The van der Waals surface area contributed by atoms with E-state index >= 15 is 0 Å². The lowest BCUT2D eigenvalue weighted by atomic mass is 10.1. The molecule has 3 aromatic rings. The molecule has 0 radical (unpaired) electrons. The third kappa shape index (κ3) is 6.98. The van der Waals surface area contributed by atoms with E-state index in [9.17, 15) is 33.3 Å². The summed E-state index contributed by atoms with van der Waals surface area (Å²) in [7, 11) is 1.30. The van der Waals surface area contributed by atoms with Crippen molar-refractivity contribution in [2.24, 2.45) is 0 Å². The monoisotopic (exact) mass is 623 g/mol. The zero-order valence-corrected chi connectivity index (χ0v) is 21.2. The molecule has 190 valence electrons. The second-order valence-corrected chi connectivity index (χ2v) is 8.57. The number of rotatable bonds is 8. The van der Waals surface area contributed by atoms with Gasteiger partial charge in [-0.05, 0) is 64.1 Å². The van der Waals surface area contributed by atoms with Gasteiger partial charge in [0.15, 0.2) is 11.5 Å². The second kappa shape index (κ2) is 11.7. The van der Waals surface area contributed by atoms with E-state index in [1.54, 1.807) is 0 Å². The predicted octanol–water partition coefficient (Wildman–Crippen LogP) is 6.24. The largest absolute Gasteiger partial charge is 0.493 e. The second-order valence-electron chi connectivity index (χ2n) is 7.41. The van der Waals surface area contributed by atoms with E-state index < -0.39 is 34.0 Å². The summed E-state index contributed by atoms with van der Waals surface area (Å²) in [5.74, 6) is -0.930. The van der Waals surface area contributed by atoms with Gasteiger partial charge in [0.25, 0.3) is 5.91 Å². The molecule has 0 bridgehead atoms. The molecule has 0 aliphatic carbocycles. The average molecular weight is 623 g/mol. The van der Waals surface area contributed by atoms with E-state index in [0.29, 0.717) is 21.3 Å². The standard InChI is InChI=1S/C25H17F3IN3O5/c1-36-22-11-16(9-17(13-30)24(33)31-14-15-5-3-2-4-6-15)10-19(29)23(22)37-21-8-7-18(25(26,27)28)12-20(21)32(34)35/h2-12H,14H2,1H3,(H,31,33)/b17-9+. The average Bonchev–Trinajstić information content (AvgIpc) is 2.87. The SMILES string of the molecule is COc1cc(/C=C(\C#N)C(=O)NCc2ccccc2)cc(I)c1Oc1ccc(C(F)(F)F)cc1[N+](=O)[O-]. The molecule has 0 saturated carbocycles. The number of nitrogens with zero attached hydrogens (tertiary/aromatic N) is 2. The molecule has 8 nitrogen and oxygen atoms in total. The number of methoxy groups -OCH3 is 1. The maximum absolute atomic E-state index is 13.0. The first-order valence-electron chi connectivity index (χ1n) is 10.4. The Bertz CT molecular complexity index is 1400. The van der Waals surface area contributed by atoms with Crippen LogP contribution in [0.15, 0.2) is 66.2 Å². The number of carbonyl (C=O) groups is 1. The van der Waals surface area contributed by atoms with Gasteiger partial charge in [0.2, 0.25) is 5.75 Å².